The normalized spacial score (nSPS) is 38.3. The van der Waals surface area contributed by atoms with Gasteiger partial charge in [0.25, 0.3) is 0 Å². The van der Waals surface area contributed by atoms with Crippen molar-refractivity contribution >= 4 is 9.84 Å². The molecule has 1 aliphatic carbocycles. The van der Waals surface area contributed by atoms with Gasteiger partial charge < -0.3 is 9.84 Å². The van der Waals surface area contributed by atoms with Crippen molar-refractivity contribution in [1.82, 2.24) is 4.90 Å². The average Bonchev–Trinajstić information content (AvgIpc) is 2.37. The summed E-state index contributed by atoms with van der Waals surface area (Å²) in [5.41, 5.74) is 0. The molecule has 1 N–H and O–H groups in total. The largest absolute Gasteiger partial charge is 0.394 e. The first-order chi connectivity index (χ1) is 8.90. The third kappa shape index (κ3) is 3.90. The minimum atomic E-state index is -2.94. The molecule has 0 radical (unpaired) electrons. The van der Waals surface area contributed by atoms with Crippen molar-refractivity contribution in [2.24, 2.45) is 0 Å². The van der Waals surface area contributed by atoms with E-state index >= 15 is 0 Å². The van der Waals surface area contributed by atoms with Crippen LogP contribution in [0.15, 0.2) is 0 Å². The Bertz CT molecular complexity index is 397. The fourth-order valence-electron chi connectivity index (χ4n) is 3.32. The van der Waals surface area contributed by atoms with Gasteiger partial charge in [0.1, 0.15) is 9.84 Å². The van der Waals surface area contributed by atoms with Gasteiger partial charge in [0, 0.05) is 25.4 Å². The second-order valence-electron chi connectivity index (χ2n) is 5.98. The Morgan fingerprint density at radius 2 is 2.05 bits per heavy atom. The van der Waals surface area contributed by atoms with Crippen molar-refractivity contribution in [3.8, 4) is 0 Å². The highest BCUT2D eigenvalue weighted by atomic mass is 32.2. The fourth-order valence-corrected chi connectivity index (χ4v) is 4.49. The molecule has 5 nitrogen and oxygen atoms in total. The Balaban J connectivity index is 2.00. The second kappa shape index (κ2) is 6.08. The van der Waals surface area contributed by atoms with E-state index in [2.05, 4.69) is 4.90 Å². The number of morpholine rings is 1. The zero-order valence-corrected chi connectivity index (χ0v) is 12.6. The summed E-state index contributed by atoms with van der Waals surface area (Å²) in [6, 6.07) is 0.314. The molecule has 2 aliphatic rings. The van der Waals surface area contributed by atoms with Gasteiger partial charge in [0.05, 0.1) is 24.1 Å². The summed E-state index contributed by atoms with van der Waals surface area (Å²) in [4.78, 5) is 2.31. The molecule has 0 amide bonds. The van der Waals surface area contributed by atoms with Crippen LogP contribution < -0.4 is 0 Å². The summed E-state index contributed by atoms with van der Waals surface area (Å²) in [6.45, 7) is 3.58. The number of hydrogen-bond acceptors (Lipinski definition) is 5. The smallest absolute Gasteiger partial charge is 0.150 e. The van der Waals surface area contributed by atoms with Crippen LogP contribution in [0.4, 0.5) is 0 Å². The van der Waals surface area contributed by atoms with Crippen LogP contribution in [-0.2, 0) is 14.6 Å². The van der Waals surface area contributed by atoms with Gasteiger partial charge in [0.2, 0.25) is 0 Å². The lowest BCUT2D eigenvalue weighted by molar-refractivity contribution is -0.108. The van der Waals surface area contributed by atoms with Crippen LogP contribution in [0.25, 0.3) is 0 Å². The number of nitrogens with zero attached hydrogens (tertiary/aromatic N) is 1. The number of rotatable bonds is 3. The molecule has 19 heavy (non-hydrogen) atoms. The van der Waals surface area contributed by atoms with Gasteiger partial charge in [-0.25, -0.2) is 8.42 Å². The zero-order valence-electron chi connectivity index (χ0n) is 11.8. The van der Waals surface area contributed by atoms with Gasteiger partial charge in [-0.05, 0) is 26.2 Å². The van der Waals surface area contributed by atoms with Crippen molar-refractivity contribution in [3.63, 3.8) is 0 Å². The molecular formula is C13H25NO4S. The van der Waals surface area contributed by atoms with Gasteiger partial charge in [-0.15, -0.1) is 0 Å². The molecule has 0 aromatic carbocycles. The maximum absolute atomic E-state index is 11.7. The first-order valence-corrected chi connectivity index (χ1v) is 9.05. The minimum absolute atomic E-state index is 0.0308. The number of aliphatic hydroxyl groups excluding tert-OH is 1. The Hall–Kier alpha value is -0.170. The van der Waals surface area contributed by atoms with Crippen LogP contribution in [0.3, 0.4) is 0 Å². The molecule has 112 valence electrons. The zero-order chi connectivity index (χ0) is 14.0. The molecule has 1 heterocycles. The molecule has 1 saturated heterocycles. The van der Waals surface area contributed by atoms with E-state index in [1.165, 1.54) is 6.26 Å². The highest BCUT2D eigenvalue weighted by Crippen LogP contribution is 2.29. The number of sulfone groups is 1. The molecular weight excluding hydrogens is 266 g/mol. The first-order valence-electron chi connectivity index (χ1n) is 7.09. The topological polar surface area (TPSA) is 66.8 Å². The van der Waals surface area contributed by atoms with Gasteiger partial charge in [-0.1, -0.05) is 6.42 Å². The van der Waals surface area contributed by atoms with Crippen LogP contribution in [-0.4, -0.2) is 67.9 Å². The third-order valence-corrected chi connectivity index (χ3v) is 5.92. The first kappa shape index (κ1) is 15.2. The molecule has 1 aliphatic heterocycles. The third-order valence-electron chi connectivity index (χ3n) is 4.28. The maximum Gasteiger partial charge on any atom is 0.150 e. The lowest BCUT2D eigenvalue weighted by Gasteiger charge is -2.43. The molecule has 2 fully saturated rings. The Kier molecular flexibility index (Phi) is 4.87. The predicted molar refractivity (Wildman–Crippen MR) is 73.9 cm³/mol. The lowest BCUT2D eigenvalue weighted by atomic mass is 9.93. The van der Waals surface area contributed by atoms with E-state index < -0.39 is 9.84 Å². The number of ether oxygens (including phenoxy) is 1. The van der Waals surface area contributed by atoms with Gasteiger partial charge in [-0.3, -0.25) is 4.90 Å². The van der Waals surface area contributed by atoms with Gasteiger partial charge >= 0.3 is 0 Å². The molecule has 0 spiro atoms. The fraction of sp³-hybridized carbons (Fsp3) is 1.00. The molecule has 0 bridgehead atoms. The van der Waals surface area contributed by atoms with E-state index in [0.717, 1.165) is 32.2 Å². The maximum atomic E-state index is 11.7. The van der Waals surface area contributed by atoms with Crippen molar-refractivity contribution in [2.75, 3.05) is 26.0 Å². The molecule has 1 saturated carbocycles. The highest BCUT2D eigenvalue weighted by Gasteiger charge is 2.35. The minimum Gasteiger partial charge on any atom is -0.394 e. The highest BCUT2D eigenvalue weighted by molar-refractivity contribution is 7.91. The van der Waals surface area contributed by atoms with Crippen molar-refractivity contribution < 1.29 is 18.3 Å². The van der Waals surface area contributed by atoms with Crippen LogP contribution >= 0.6 is 0 Å². The lowest BCUT2D eigenvalue weighted by Crippen LogP contribution is -2.53. The SMILES string of the molecule is CC1CN(C2CCCC(S(C)(=O)=O)C2)CC(CO)O1. The second-order valence-corrected chi connectivity index (χ2v) is 8.30. The molecule has 4 atom stereocenters. The molecule has 4 unspecified atom stereocenters. The van der Waals surface area contributed by atoms with E-state index in [4.69, 9.17) is 4.74 Å². The van der Waals surface area contributed by atoms with Crippen LogP contribution in [0.2, 0.25) is 0 Å². The summed E-state index contributed by atoms with van der Waals surface area (Å²) in [5.74, 6) is 0. The van der Waals surface area contributed by atoms with Crippen molar-refractivity contribution in [2.45, 2.75) is 56.1 Å². The summed E-state index contributed by atoms with van der Waals surface area (Å²) in [6.07, 6.45) is 4.85. The standard InChI is InChI=1S/C13H25NO4S/c1-10-7-14(8-12(9-15)18-10)11-4-3-5-13(6-11)19(2,16)17/h10-13,15H,3-9H2,1-2H3. The van der Waals surface area contributed by atoms with E-state index in [9.17, 15) is 13.5 Å². The monoisotopic (exact) mass is 291 g/mol. The van der Waals surface area contributed by atoms with Crippen LogP contribution in [0.1, 0.15) is 32.6 Å². The number of hydrogen-bond donors (Lipinski definition) is 1. The Morgan fingerprint density at radius 1 is 1.32 bits per heavy atom. The van der Waals surface area contributed by atoms with Crippen molar-refractivity contribution in [3.05, 3.63) is 0 Å². The predicted octanol–water partition coefficient (Wildman–Crippen LogP) is 0.424. The number of aliphatic hydroxyl groups is 1. The molecule has 0 aromatic heterocycles. The summed E-state index contributed by atoms with van der Waals surface area (Å²) in [7, 11) is -2.94. The van der Waals surface area contributed by atoms with Gasteiger partial charge in [0.15, 0.2) is 0 Å². The summed E-state index contributed by atoms with van der Waals surface area (Å²) in [5, 5.41) is 9.06. The molecule has 2 rings (SSSR count). The average molecular weight is 291 g/mol. The Morgan fingerprint density at radius 3 is 2.68 bits per heavy atom. The molecule has 0 aromatic rings. The Labute approximate surface area is 115 Å². The molecule has 6 heteroatoms. The quantitative estimate of drug-likeness (QED) is 0.816. The van der Waals surface area contributed by atoms with E-state index in [1.807, 2.05) is 6.92 Å². The van der Waals surface area contributed by atoms with Crippen molar-refractivity contribution in [1.29, 1.82) is 0 Å². The summed E-state index contributed by atoms with van der Waals surface area (Å²) >= 11 is 0. The summed E-state index contributed by atoms with van der Waals surface area (Å²) < 4.78 is 29.1. The van der Waals surface area contributed by atoms with E-state index in [0.29, 0.717) is 12.6 Å². The van der Waals surface area contributed by atoms with Crippen LogP contribution in [0, 0.1) is 0 Å². The van der Waals surface area contributed by atoms with E-state index in [1.54, 1.807) is 0 Å². The van der Waals surface area contributed by atoms with Gasteiger partial charge in [-0.2, -0.15) is 0 Å². The van der Waals surface area contributed by atoms with Crippen LogP contribution in [0.5, 0.6) is 0 Å². The van der Waals surface area contributed by atoms with E-state index in [-0.39, 0.29) is 24.1 Å².